The molecule has 0 amide bonds. The number of hydrogen-bond acceptors (Lipinski definition) is 2. The molecule has 2 nitrogen and oxygen atoms in total. The highest BCUT2D eigenvalue weighted by molar-refractivity contribution is 5.19. The largest absolute Gasteiger partial charge is 0.389 e. The average Bonchev–Trinajstić information content (AvgIpc) is 2.18. The van der Waals surface area contributed by atoms with Crippen molar-refractivity contribution in [1.29, 1.82) is 0 Å². The van der Waals surface area contributed by atoms with Crippen molar-refractivity contribution in [1.82, 2.24) is 5.32 Å². The molecule has 0 fully saturated rings. The van der Waals surface area contributed by atoms with Gasteiger partial charge in [0, 0.05) is 13.0 Å². The lowest BCUT2D eigenvalue weighted by atomic mass is 9.96. The van der Waals surface area contributed by atoms with Crippen LogP contribution in [-0.4, -0.2) is 23.8 Å². The predicted octanol–water partition coefficient (Wildman–Crippen LogP) is 1.73. The monoisotopic (exact) mass is 211 g/mol. The van der Waals surface area contributed by atoms with E-state index < -0.39 is 5.60 Å². The molecule has 0 aliphatic heterocycles. The standard InChI is InChI=1S/C12H18FNO/c1-3-14-9-12(2,15)8-10-6-4-5-7-11(10)13/h4-7,14-15H,3,8-9H2,1-2H3. The smallest absolute Gasteiger partial charge is 0.126 e. The first kappa shape index (κ1) is 12.1. The minimum atomic E-state index is -0.905. The highest BCUT2D eigenvalue weighted by atomic mass is 19.1. The topological polar surface area (TPSA) is 32.3 Å². The summed E-state index contributed by atoms with van der Waals surface area (Å²) >= 11 is 0. The molecule has 1 aromatic carbocycles. The lowest BCUT2D eigenvalue weighted by molar-refractivity contribution is 0.0598. The van der Waals surface area contributed by atoms with Crippen molar-refractivity contribution in [2.75, 3.05) is 13.1 Å². The third-order valence-corrected chi connectivity index (χ3v) is 2.28. The van der Waals surface area contributed by atoms with E-state index in [-0.39, 0.29) is 5.82 Å². The molecule has 0 spiro atoms. The minimum Gasteiger partial charge on any atom is -0.389 e. The van der Waals surface area contributed by atoms with Gasteiger partial charge in [-0.3, -0.25) is 0 Å². The van der Waals surface area contributed by atoms with Crippen molar-refractivity contribution in [2.45, 2.75) is 25.9 Å². The first-order valence-electron chi connectivity index (χ1n) is 5.21. The van der Waals surface area contributed by atoms with Gasteiger partial charge in [0.05, 0.1) is 5.60 Å². The molecule has 0 bridgehead atoms. The molecular weight excluding hydrogens is 193 g/mol. The highest BCUT2D eigenvalue weighted by Gasteiger charge is 2.21. The summed E-state index contributed by atoms with van der Waals surface area (Å²) in [6.07, 6.45) is 0.326. The summed E-state index contributed by atoms with van der Waals surface area (Å²) in [5.41, 5.74) is -0.349. The molecule has 1 rings (SSSR count). The van der Waals surface area contributed by atoms with Crippen LogP contribution in [0.25, 0.3) is 0 Å². The number of likely N-dealkylation sites (N-methyl/N-ethyl adjacent to an activating group) is 1. The quantitative estimate of drug-likeness (QED) is 0.777. The molecule has 2 N–H and O–H groups in total. The van der Waals surface area contributed by atoms with Gasteiger partial charge in [0.1, 0.15) is 5.82 Å². The molecule has 1 aromatic rings. The van der Waals surface area contributed by atoms with Gasteiger partial charge in [-0.15, -0.1) is 0 Å². The molecular formula is C12H18FNO. The predicted molar refractivity (Wildman–Crippen MR) is 59.3 cm³/mol. The fraction of sp³-hybridized carbons (Fsp3) is 0.500. The lowest BCUT2D eigenvalue weighted by Gasteiger charge is -2.23. The third-order valence-electron chi connectivity index (χ3n) is 2.28. The second-order valence-corrected chi connectivity index (χ2v) is 4.05. The molecule has 1 unspecified atom stereocenters. The van der Waals surface area contributed by atoms with Gasteiger partial charge in [-0.2, -0.15) is 0 Å². The summed E-state index contributed by atoms with van der Waals surface area (Å²) in [6.45, 7) is 4.95. The number of rotatable bonds is 5. The second-order valence-electron chi connectivity index (χ2n) is 4.05. The van der Waals surface area contributed by atoms with Crippen LogP contribution in [0.3, 0.4) is 0 Å². The molecule has 84 valence electrons. The Morgan fingerprint density at radius 1 is 1.40 bits per heavy atom. The Bertz CT molecular complexity index is 312. The molecule has 0 heterocycles. The van der Waals surface area contributed by atoms with Gasteiger partial charge in [-0.05, 0) is 25.1 Å². The maximum atomic E-state index is 13.3. The van der Waals surface area contributed by atoms with E-state index >= 15 is 0 Å². The molecule has 0 saturated carbocycles. The summed E-state index contributed by atoms with van der Waals surface area (Å²) in [5.74, 6) is -0.255. The molecule has 3 heteroatoms. The molecule has 15 heavy (non-hydrogen) atoms. The van der Waals surface area contributed by atoms with E-state index in [1.54, 1.807) is 25.1 Å². The average molecular weight is 211 g/mol. The summed E-state index contributed by atoms with van der Waals surface area (Å²) in [6, 6.07) is 6.55. The summed E-state index contributed by atoms with van der Waals surface area (Å²) in [7, 11) is 0. The number of benzene rings is 1. The van der Waals surface area contributed by atoms with E-state index in [9.17, 15) is 9.50 Å². The third kappa shape index (κ3) is 3.98. The normalized spacial score (nSPS) is 14.9. The van der Waals surface area contributed by atoms with Gasteiger partial charge in [0.2, 0.25) is 0 Å². The van der Waals surface area contributed by atoms with E-state index in [1.165, 1.54) is 6.07 Å². The zero-order chi connectivity index (χ0) is 11.3. The second kappa shape index (κ2) is 5.24. The van der Waals surface area contributed by atoms with E-state index in [1.807, 2.05) is 6.92 Å². The van der Waals surface area contributed by atoms with Gasteiger partial charge >= 0.3 is 0 Å². The Morgan fingerprint density at radius 2 is 2.07 bits per heavy atom. The Hall–Kier alpha value is -0.930. The fourth-order valence-electron chi connectivity index (χ4n) is 1.51. The van der Waals surface area contributed by atoms with Crippen LogP contribution >= 0.6 is 0 Å². The molecule has 0 aromatic heterocycles. The first-order valence-corrected chi connectivity index (χ1v) is 5.21. The Labute approximate surface area is 90.1 Å². The first-order chi connectivity index (χ1) is 7.05. The SMILES string of the molecule is CCNCC(C)(O)Cc1ccccc1F. The molecule has 0 radical (unpaired) electrons. The zero-order valence-corrected chi connectivity index (χ0v) is 9.26. The van der Waals surface area contributed by atoms with Crippen molar-refractivity contribution >= 4 is 0 Å². The fourth-order valence-corrected chi connectivity index (χ4v) is 1.51. The lowest BCUT2D eigenvalue weighted by Crippen LogP contribution is -2.39. The minimum absolute atomic E-state index is 0.255. The Morgan fingerprint density at radius 3 is 2.67 bits per heavy atom. The van der Waals surface area contributed by atoms with Crippen molar-refractivity contribution in [3.05, 3.63) is 35.6 Å². The Balaban J connectivity index is 2.64. The van der Waals surface area contributed by atoms with Crippen LogP contribution in [0.2, 0.25) is 0 Å². The van der Waals surface area contributed by atoms with Crippen molar-refractivity contribution in [3.8, 4) is 0 Å². The van der Waals surface area contributed by atoms with Crippen LogP contribution in [0, 0.1) is 5.82 Å². The molecule has 0 aliphatic rings. The van der Waals surface area contributed by atoms with Crippen LogP contribution in [0.4, 0.5) is 4.39 Å². The molecule has 0 saturated heterocycles. The maximum absolute atomic E-state index is 13.3. The van der Waals surface area contributed by atoms with Crippen LogP contribution in [0.5, 0.6) is 0 Å². The van der Waals surface area contributed by atoms with Gasteiger partial charge in [0.25, 0.3) is 0 Å². The van der Waals surface area contributed by atoms with Gasteiger partial charge < -0.3 is 10.4 Å². The summed E-state index contributed by atoms with van der Waals surface area (Å²) in [4.78, 5) is 0. The van der Waals surface area contributed by atoms with Crippen LogP contribution in [-0.2, 0) is 6.42 Å². The summed E-state index contributed by atoms with van der Waals surface area (Å²) < 4.78 is 13.3. The number of hydrogen-bond donors (Lipinski definition) is 2. The number of aliphatic hydroxyl groups is 1. The van der Waals surface area contributed by atoms with Gasteiger partial charge in [-0.25, -0.2) is 4.39 Å². The Kier molecular flexibility index (Phi) is 4.24. The maximum Gasteiger partial charge on any atom is 0.126 e. The van der Waals surface area contributed by atoms with Gasteiger partial charge in [0.15, 0.2) is 0 Å². The number of nitrogens with one attached hydrogen (secondary N) is 1. The highest BCUT2D eigenvalue weighted by Crippen LogP contribution is 2.15. The van der Waals surface area contributed by atoms with Crippen LogP contribution in [0.1, 0.15) is 19.4 Å². The van der Waals surface area contributed by atoms with E-state index in [0.29, 0.717) is 18.5 Å². The van der Waals surface area contributed by atoms with Crippen LogP contribution < -0.4 is 5.32 Å². The van der Waals surface area contributed by atoms with Crippen molar-refractivity contribution < 1.29 is 9.50 Å². The molecule has 0 aliphatic carbocycles. The molecule has 1 atom stereocenters. The van der Waals surface area contributed by atoms with Crippen LogP contribution in [0.15, 0.2) is 24.3 Å². The number of halogens is 1. The van der Waals surface area contributed by atoms with Crippen molar-refractivity contribution in [2.24, 2.45) is 0 Å². The van der Waals surface area contributed by atoms with Crippen molar-refractivity contribution in [3.63, 3.8) is 0 Å². The van der Waals surface area contributed by atoms with E-state index in [0.717, 1.165) is 6.54 Å². The zero-order valence-electron chi connectivity index (χ0n) is 9.26. The van der Waals surface area contributed by atoms with E-state index in [2.05, 4.69) is 5.32 Å². The summed E-state index contributed by atoms with van der Waals surface area (Å²) in [5, 5.41) is 13.1. The van der Waals surface area contributed by atoms with E-state index in [4.69, 9.17) is 0 Å². The van der Waals surface area contributed by atoms with Gasteiger partial charge in [-0.1, -0.05) is 25.1 Å².